The molecule has 0 aliphatic heterocycles. The molecule has 0 saturated heterocycles. The molecule has 100 valence electrons. The maximum atomic E-state index is 12.7. The molecule has 2 aromatic rings. The summed E-state index contributed by atoms with van der Waals surface area (Å²) in [6.45, 7) is 4.01. The van der Waals surface area contributed by atoms with E-state index in [1.807, 2.05) is 6.92 Å². The summed E-state index contributed by atoms with van der Waals surface area (Å²) in [5.74, 6) is -0.146. The summed E-state index contributed by atoms with van der Waals surface area (Å²) in [7, 11) is 1.66. The zero-order valence-corrected chi connectivity index (χ0v) is 11.0. The van der Waals surface area contributed by atoms with Gasteiger partial charge in [-0.25, -0.2) is 4.98 Å². The molecule has 0 bridgehead atoms. The summed E-state index contributed by atoms with van der Waals surface area (Å²) in [5.41, 5.74) is 1.98. The molecule has 0 N–H and O–H groups in total. The van der Waals surface area contributed by atoms with Gasteiger partial charge in [0, 0.05) is 18.8 Å². The smallest absolute Gasteiger partial charge is 0.255 e. The Labute approximate surface area is 110 Å². The van der Waals surface area contributed by atoms with Crippen molar-refractivity contribution in [1.82, 2.24) is 15.0 Å². The zero-order chi connectivity index (χ0) is 14.0. The fraction of sp³-hybridized carbons (Fsp3) is 0.308. The fourth-order valence-corrected chi connectivity index (χ4v) is 1.76. The van der Waals surface area contributed by atoms with Crippen LogP contribution in [0, 0.1) is 19.8 Å². The summed E-state index contributed by atoms with van der Waals surface area (Å²) in [6, 6.07) is 2.57. The Morgan fingerprint density at radius 1 is 1.42 bits per heavy atom. The van der Waals surface area contributed by atoms with Crippen LogP contribution in [0.15, 0.2) is 22.9 Å². The van der Waals surface area contributed by atoms with E-state index >= 15 is 0 Å². The fourth-order valence-electron chi connectivity index (χ4n) is 1.76. The van der Waals surface area contributed by atoms with E-state index in [-0.39, 0.29) is 5.91 Å². The van der Waals surface area contributed by atoms with Crippen molar-refractivity contribution in [3.8, 4) is 0 Å². The van der Waals surface area contributed by atoms with E-state index in [0.717, 1.165) is 17.3 Å². The highest BCUT2D eigenvalue weighted by molar-refractivity contribution is 5.93. The van der Waals surface area contributed by atoms with Gasteiger partial charge in [-0.2, -0.15) is 4.39 Å². The van der Waals surface area contributed by atoms with Gasteiger partial charge >= 0.3 is 0 Å². The molecule has 1 amide bonds. The van der Waals surface area contributed by atoms with E-state index in [4.69, 9.17) is 4.52 Å². The van der Waals surface area contributed by atoms with E-state index in [1.54, 1.807) is 14.0 Å². The van der Waals surface area contributed by atoms with Gasteiger partial charge in [0.05, 0.1) is 17.8 Å². The third-order valence-corrected chi connectivity index (χ3v) is 2.90. The van der Waals surface area contributed by atoms with Gasteiger partial charge in [0.2, 0.25) is 5.95 Å². The molecule has 2 rings (SSSR count). The summed E-state index contributed by atoms with van der Waals surface area (Å²) >= 11 is 0. The normalized spacial score (nSPS) is 10.5. The lowest BCUT2D eigenvalue weighted by molar-refractivity contribution is 0.0784. The van der Waals surface area contributed by atoms with E-state index in [0.29, 0.717) is 17.9 Å². The highest BCUT2D eigenvalue weighted by Gasteiger charge is 2.17. The van der Waals surface area contributed by atoms with Crippen molar-refractivity contribution >= 4 is 5.91 Å². The van der Waals surface area contributed by atoms with Gasteiger partial charge in [-0.3, -0.25) is 4.79 Å². The Morgan fingerprint density at radius 3 is 2.68 bits per heavy atom. The molecule has 5 nitrogen and oxygen atoms in total. The second kappa shape index (κ2) is 5.17. The Kier molecular flexibility index (Phi) is 3.59. The molecule has 0 fully saturated rings. The molecule has 0 aromatic carbocycles. The molecule has 0 radical (unpaired) electrons. The van der Waals surface area contributed by atoms with Crippen LogP contribution in [-0.2, 0) is 6.54 Å². The second-order valence-electron chi connectivity index (χ2n) is 4.33. The Hall–Kier alpha value is -2.24. The number of rotatable bonds is 3. The molecule has 0 aliphatic rings. The van der Waals surface area contributed by atoms with Gasteiger partial charge in [-0.1, -0.05) is 5.16 Å². The topological polar surface area (TPSA) is 59.2 Å². The monoisotopic (exact) mass is 263 g/mol. The van der Waals surface area contributed by atoms with E-state index in [9.17, 15) is 9.18 Å². The Balaban J connectivity index is 2.14. The van der Waals surface area contributed by atoms with Crippen LogP contribution in [0.1, 0.15) is 27.4 Å². The number of nitrogens with zero attached hydrogens (tertiary/aromatic N) is 3. The lowest BCUT2D eigenvalue weighted by Gasteiger charge is -2.16. The first-order chi connectivity index (χ1) is 8.99. The molecule has 2 heterocycles. The maximum Gasteiger partial charge on any atom is 0.255 e. The Bertz CT molecular complexity index is 573. The largest absolute Gasteiger partial charge is 0.361 e. The predicted molar refractivity (Wildman–Crippen MR) is 66.0 cm³/mol. The van der Waals surface area contributed by atoms with Gasteiger partial charge in [0.1, 0.15) is 5.76 Å². The lowest BCUT2D eigenvalue weighted by Crippen LogP contribution is -2.26. The van der Waals surface area contributed by atoms with Crippen molar-refractivity contribution in [2.24, 2.45) is 0 Å². The minimum absolute atomic E-state index is 0.229. The molecular formula is C13H14FN3O2. The van der Waals surface area contributed by atoms with Crippen molar-refractivity contribution in [2.75, 3.05) is 7.05 Å². The van der Waals surface area contributed by atoms with Gasteiger partial charge in [-0.05, 0) is 26.0 Å². The Morgan fingerprint density at radius 2 is 2.16 bits per heavy atom. The highest BCUT2D eigenvalue weighted by Crippen LogP contribution is 2.15. The van der Waals surface area contributed by atoms with Crippen molar-refractivity contribution < 1.29 is 13.7 Å². The van der Waals surface area contributed by atoms with E-state index < -0.39 is 5.95 Å². The number of hydrogen-bond donors (Lipinski definition) is 0. The first-order valence-electron chi connectivity index (χ1n) is 5.78. The van der Waals surface area contributed by atoms with Crippen LogP contribution in [0.25, 0.3) is 0 Å². The van der Waals surface area contributed by atoms with Crippen LogP contribution >= 0.6 is 0 Å². The number of aryl methyl sites for hydroxylation is 2. The quantitative estimate of drug-likeness (QED) is 0.796. The molecule has 19 heavy (non-hydrogen) atoms. The minimum atomic E-state index is -0.607. The second-order valence-corrected chi connectivity index (χ2v) is 4.33. The van der Waals surface area contributed by atoms with Crippen molar-refractivity contribution in [2.45, 2.75) is 20.4 Å². The number of hydrogen-bond acceptors (Lipinski definition) is 4. The molecule has 0 spiro atoms. The molecule has 0 unspecified atom stereocenters. The van der Waals surface area contributed by atoms with Crippen molar-refractivity contribution in [3.05, 3.63) is 46.9 Å². The minimum Gasteiger partial charge on any atom is -0.361 e. The molecular weight excluding hydrogens is 249 g/mol. The first-order valence-corrected chi connectivity index (χ1v) is 5.78. The predicted octanol–water partition coefficient (Wildman–Crippen LogP) is 2.10. The molecule has 0 saturated carbocycles. The summed E-state index contributed by atoms with van der Waals surface area (Å²) in [4.78, 5) is 17.1. The lowest BCUT2D eigenvalue weighted by atomic mass is 10.2. The van der Waals surface area contributed by atoms with Crippen LogP contribution in [0.2, 0.25) is 0 Å². The average molecular weight is 263 g/mol. The summed E-state index contributed by atoms with van der Waals surface area (Å²) < 4.78 is 17.8. The molecule has 0 atom stereocenters. The highest BCUT2D eigenvalue weighted by atomic mass is 19.1. The third kappa shape index (κ3) is 2.78. The third-order valence-electron chi connectivity index (χ3n) is 2.90. The number of amides is 1. The van der Waals surface area contributed by atoms with Crippen LogP contribution in [0.4, 0.5) is 4.39 Å². The molecule has 0 aliphatic carbocycles. The maximum absolute atomic E-state index is 12.7. The van der Waals surface area contributed by atoms with E-state index in [2.05, 4.69) is 10.1 Å². The number of carbonyl (C=O) groups excluding carboxylic acids is 1. The number of carbonyl (C=O) groups is 1. The number of halogens is 1. The standard InChI is InChI=1S/C13H14FN3O2/c1-8-11(9(2)19-16-8)7-17(3)13(18)10-4-5-12(14)15-6-10/h4-6H,7H2,1-3H3. The van der Waals surface area contributed by atoms with Gasteiger partial charge in [0.25, 0.3) is 5.91 Å². The number of pyridine rings is 1. The molecule has 6 heteroatoms. The van der Waals surface area contributed by atoms with Crippen molar-refractivity contribution in [1.29, 1.82) is 0 Å². The average Bonchev–Trinajstić information content (AvgIpc) is 2.70. The zero-order valence-electron chi connectivity index (χ0n) is 11.0. The van der Waals surface area contributed by atoms with Gasteiger partial charge < -0.3 is 9.42 Å². The first kappa shape index (κ1) is 13.2. The van der Waals surface area contributed by atoms with Crippen LogP contribution in [0.5, 0.6) is 0 Å². The van der Waals surface area contributed by atoms with Gasteiger partial charge in [0.15, 0.2) is 0 Å². The van der Waals surface area contributed by atoms with Crippen LogP contribution in [0.3, 0.4) is 0 Å². The van der Waals surface area contributed by atoms with Gasteiger partial charge in [-0.15, -0.1) is 0 Å². The van der Waals surface area contributed by atoms with E-state index in [1.165, 1.54) is 17.2 Å². The summed E-state index contributed by atoms with van der Waals surface area (Å²) in [5, 5.41) is 3.84. The number of aromatic nitrogens is 2. The van der Waals surface area contributed by atoms with Crippen LogP contribution < -0.4 is 0 Å². The van der Waals surface area contributed by atoms with Crippen LogP contribution in [-0.4, -0.2) is 28.0 Å². The summed E-state index contributed by atoms with van der Waals surface area (Å²) in [6.07, 6.45) is 1.22. The van der Waals surface area contributed by atoms with Crippen molar-refractivity contribution in [3.63, 3.8) is 0 Å². The molecule has 2 aromatic heterocycles. The SMILES string of the molecule is Cc1noc(C)c1CN(C)C(=O)c1ccc(F)nc1.